The average molecular weight is 428 g/mol. The molecule has 1 saturated heterocycles. The van der Waals surface area contributed by atoms with Crippen LogP contribution in [0, 0.1) is 11.3 Å². The number of methoxy groups -OCH3 is 1. The minimum Gasteiger partial charge on any atom is -0.497 e. The zero-order valence-electron chi connectivity index (χ0n) is 18.9. The van der Waals surface area contributed by atoms with Gasteiger partial charge in [-0.05, 0) is 62.3 Å². The van der Waals surface area contributed by atoms with E-state index in [1.807, 2.05) is 37.3 Å². The van der Waals surface area contributed by atoms with Gasteiger partial charge >= 0.3 is 5.97 Å². The van der Waals surface area contributed by atoms with Gasteiger partial charge in [-0.2, -0.15) is 5.10 Å². The van der Waals surface area contributed by atoms with Gasteiger partial charge in [0, 0.05) is 18.8 Å². The van der Waals surface area contributed by atoms with Crippen molar-refractivity contribution in [3.8, 4) is 5.75 Å². The lowest BCUT2D eigenvalue weighted by Crippen LogP contribution is -2.51. The molecule has 1 N–H and O–H groups in total. The van der Waals surface area contributed by atoms with Crippen molar-refractivity contribution in [1.82, 2.24) is 15.1 Å². The number of nitrogens with zero attached hydrogens (tertiary/aromatic N) is 2. The van der Waals surface area contributed by atoms with Crippen molar-refractivity contribution in [3.05, 3.63) is 47.3 Å². The fourth-order valence-electron chi connectivity index (χ4n) is 4.32. The van der Waals surface area contributed by atoms with Crippen molar-refractivity contribution in [2.75, 3.05) is 26.8 Å². The van der Waals surface area contributed by atoms with Gasteiger partial charge in [0.25, 0.3) is 5.91 Å². The van der Waals surface area contributed by atoms with Crippen LogP contribution in [0.2, 0.25) is 0 Å². The van der Waals surface area contributed by atoms with Gasteiger partial charge in [0.1, 0.15) is 11.4 Å². The third-order valence-electron chi connectivity index (χ3n) is 5.73. The molecule has 1 aliphatic rings. The van der Waals surface area contributed by atoms with Gasteiger partial charge in [0.05, 0.1) is 19.1 Å². The van der Waals surface area contributed by atoms with E-state index in [4.69, 9.17) is 9.47 Å². The molecule has 0 unspecified atom stereocenters. The number of aromatic amines is 1. The maximum Gasteiger partial charge on any atom is 0.314 e. The number of piperidine rings is 1. The van der Waals surface area contributed by atoms with Crippen LogP contribution in [0.4, 0.5) is 0 Å². The maximum absolute atomic E-state index is 13.2. The van der Waals surface area contributed by atoms with Crippen LogP contribution in [-0.4, -0.2) is 53.8 Å². The molecular formula is C24H33N3O4. The Balaban J connectivity index is 1.83. The van der Waals surface area contributed by atoms with Gasteiger partial charge in [-0.15, -0.1) is 0 Å². The van der Waals surface area contributed by atoms with Crippen LogP contribution in [0.5, 0.6) is 5.75 Å². The van der Waals surface area contributed by atoms with Gasteiger partial charge in [0.15, 0.2) is 0 Å². The summed E-state index contributed by atoms with van der Waals surface area (Å²) >= 11 is 0. The second-order valence-corrected chi connectivity index (χ2v) is 8.74. The Morgan fingerprint density at radius 1 is 1.29 bits per heavy atom. The number of likely N-dealkylation sites (tertiary alicyclic amines) is 1. The van der Waals surface area contributed by atoms with Crippen LogP contribution in [0.3, 0.4) is 0 Å². The molecule has 3 rings (SSSR count). The highest BCUT2D eigenvalue weighted by molar-refractivity contribution is 5.93. The Morgan fingerprint density at radius 2 is 2.10 bits per heavy atom. The molecule has 168 valence electrons. The Hall–Kier alpha value is -2.83. The van der Waals surface area contributed by atoms with Gasteiger partial charge < -0.3 is 14.4 Å². The first-order valence-electron chi connectivity index (χ1n) is 11.0. The molecule has 0 spiro atoms. The predicted molar refractivity (Wildman–Crippen MR) is 118 cm³/mol. The zero-order valence-corrected chi connectivity index (χ0v) is 18.9. The van der Waals surface area contributed by atoms with Gasteiger partial charge in [-0.3, -0.25) is 14.7 Å². The molecule has 1 aromatic carbocycles. The molecule has 0 aliphatic carbocycles. The van der Waals surface area contributed by atoms with Crippen LogP contribution in [0.15, 0.2) is 30.3 Å². The maximum atomic E-state index is 13.2. The van der Waals surface area contributed by atoms with E-state index >= 15 is 0 Å². The third-order valence-corrected chi connectivity index (χ3v) is 5.73. The van der Waals surface area contributed by atoms with Crippen molar-refractivity contribution in [2.45, 2.75) is 46.5 Å². The molecule has 0 saturated carbocycles. The summed E-state index contributed by atoms with van der Waals surface area (Å²) in [6.07, 6.45) is 2.73. The summed E-state index contributed by atoms with van der Waals surface area (Å²) in [4.78, 5) is 28.0. The highest BCUT2D eigenvalue weighted by Crippen LogP contribution is 2.36. The van der Waals surface area contributed by atoms with Crippen molar-refractivity contribution in [1.29, 1.82) is 0 Å². The van der Waals surface area contributed by atoms with Crippen molar-refractivity contribution >= 4 is 11.9 Å². The van der Waals surface area contributed by atoms with E-state index < -0.39 is 5.41 Å². The second kappa shape index (κ2) is 9.98. The van der Waals surface area contributed by atoms with E-state index in [2.05, 4.69) is 24.0 Å². The molecule has 0 bridgehead atoms. The molecule has 7 nitrogen and oxygen atoms in total. The molecule has 2 heterocycles. The molecular weight excluding hydrogens is 394 g/mol. The molecule has 7 heteroatoms. The fourth-order valence-corrected chi connectivity index (χ4v) is 4.32. The molecule has 1 aromatic heterocycles. The highest BCUT2D eigenvalue weighted by atomic mass is 16.5. The number of carbonyl (C=O) groups excluding carboxylic acids is 2. The number of benzene rings is 1. The highest BCUT2D eigenvalue weighted by Gasteiger charge is 2.45. The number of aromatic nitrogens is 2. The van der Waals surface area contributed by atoms with Crippen LogP contribution < -0.4 is 4.74 Å². The summed E-state index contributed by atoms with van der Waals surface area (Å²) in [6, 6.07) is 9.54. The zero-order chi connectivity index (χ0) is 22.4. The molecule has 1 aliphatic heterocycles. The number of nitrogens with one attached hydrogen (secondary N) is 1. The molecule has 0 radical (unpaired) electrons. The van der Waals surface area contributed by atoms with Crippen LogP contribution in [-0.2, 0) is 22.4 Å². The summed E-state index contributed by atoms with van der Waals surface area (Å²) < 4.78 is 10.8. The van der Waals surface area contributed by atoms with Crippen LogP contribution >= 0.6 is 0 Å². The standard InChI is InChI=1S/C24H33N3O4/c1-5-31-23(29)24(15-18-8-6-9-20(13-18)30-4)10-7-11-27(16-24)22(28)21-14-19(25-26-21)12-17(2)3/h6,8-9,13-14,17H,5,7,10-12,15-16H2,1-4H3,(H,25,26)/t24-/m0/s1. The summed E-state index contributed by atoms with van der Waals surface area (Å²) in [5.41, 5.74) is 1.55. The minimum absolute atomic E-state index is 0.148. The first-order chi connectivity index (χ1) is 14.9. The Bertz CT molecular complexity index is 908. The average Bonchev–Trinajstić information content (AvgIpc) is 3.21. The molecule has 1 amide bonds. The smallest absolute Gasteiger partial charge is 0.314 e. The monoisotopic (exact) mass is 427 g/mol. The fraction of sp³-hybridized carbons (Fsp3) is 0.542. The Kier molecular flexibility index (Phi) is 7.36. The molecule has 1 atom stereocenters. The third kappa shape index (κ3) is 5.46. The SMILES string of the molecule is CCOC(=O)[C@]1(Cc2cccc(OC)c2)CCCN(C(=O)c2cc(CC(C)C)[nH]n2)C1. The molecule has 2 aromatic rings. The van der Waals surface area contributed by atoms with Gasteiger partial charge in [0.2, 0.25) is 0 Å². The number of carbonyl (C=O) groups is 2. The van der Waals surface area contributed by atoms with Crippen LogP contribution in [0.25, 0.3) is 0 Å². The number of hydrogen-bond acceptors (Lipinski definition) is 5. The van der Waals surface area contributed by atoms with Crippen LogP contribution in [0.1, 0.15) is 55.4 Å². The summed E-state index contributed by atoms with van der Waals surface area (Å²) in [7, 11) is 1.62. The van der Waals surface area contributed by atoms with E-state index in [0.29, 0.717) is 44.1 Å². The minimum atomic E-state index is -0.784. The number of H-pyrrole nitrogens is 1. The summed E-state index contributed by atoms with van der Waals surface area (Å²) in [6.45, 7) is 7.28. The molecule has 1 fully saturated rings. The summed E-state index contributed by atoms with van der Waals surface area (Å²) in [5.74, 6) is 0.815. The lowest BCUT2D eigenvalue weighted by atomic mass is 9.75. The number of ether oxygens (including phenoxy) is 2. The Morgan fingerprint density at radius 3 is 2.81 bits per heavy atom. The number of hydrogen-bond donors (Lipinski definition) is 1. The van der Waals surface area contributed by atoms with E-state index in [1.165, 1.54) is 0 Å². The van der Waals surface area contributed by atoms with E-state index in [1.54, 1.807) is 12.0 Å². The van der Waals surface area contributed by atoms with Crippen molar-refractivity contribution in [3.63, 3.8) is 0 Å². The second-order valence-electron chi connectivity index (χ2n) is 8.74. The summed E-state index contributed by atoms with van der Waals surface area (Å²) in [5, 5.41) is 7.20. The first kappa shape index (κ1) is 22.8. The van der Waals surface area contributed by atoms with Gasteiger partial charge in [-0.25, -0.2) is 0 Å². The number of esters is 1. The quantitative estimate of drug-likeness (QED) is 0.650. The molecule has 31 heavy (non-hydrogen) atoms. The van der Waals surface area contributed by atoms with Crippen molar-refractivity contribution in [2.24, 2.45) is 11.3 Å². The van der Waals surface area contributed by atoms with E-state index in [0.717, 1.165) is 29.8 Å². The predicted octanol–water partition coefficient (Wildman–Crippen LogP) is 3.65. The van der Waals surface area contributed by atoms with Crippen molar-refractivity contribution < 1.29 is 19.1 Å². The van der Waals surface area contributed by atoms with E-state index in [9.17, 15) is 9.59 Å². The number of rotatable bonds is 8. The topological polar surface area (TPSA) is 84.5 Å². The van der Waals surface area contributed by atoms with E-state index in [-0.39, 0.29) is 11.9 Å². The largest absolute Gasteiger partial charge is 0.497 e. The lowest BCUT2D eigenvalue weighted by molar-refractivity contribution is -0.158. The number of amides is 1. The normalized spacial score (nSPS) is 18.8. The lowest BCUT2D eigenvalue weighted by Gasteiger charge is -2.41. The first-order valence-corrected chi connectivity index (χ1v) is 11.0. The van der Waals surface area contributed by atoms with Gasteiger partial charge in [-0.1, -0.05) is 26.0 Å². The Labute approximate surface area is 184 Å².